The Hall–Kier alpha value is 0.703. The summed E-state index contributed by atoms with van der Waals surface area (Å²) in [6, 6.07) is 8.11. The summed E-state index contributed by atoms with van der Waals surface area (Å²) in [5.74, 6) is 0. The molecule has 0 fully saturated rings. The molecule has 0 aliphatic rings. The molecule has 2 rings (SSSR count). The van der Waals surface area contributed by atoms with Crippen LogP contribution in [0.3, 0.4) is 0 Å². The average molecular weight is 541 g/mol. The number of hydrogen-bond acceptors (Lipinski definition) is 6. The van der Waals surface area contributed by atoms with Crippen LogP contribution in [-0.4, -0.2) is 57.1 Å². The molecule has 26 heavy (non-hydrogen) atoms. The molecule has 3 N–H and O–H groups in total. The van der Waals surface area contributed by atoms with Gasteiger partial charge in [0.15, 0.2) is 3.95 Å². The molecule has 0 saturated heterocycles. The van der Waals surface area contributed by atoms with Gasteiger partial charge in [0.1, 0.15) is 8.64 Å². The van der Waals surface area contributed by atoms with E-state index in [1.807, 2.05) is 56.2 Å². The van der Waals surface area contributed by atoms with Gasteiger partial charge in [-0.25, -0.2) is 0 Å². The van der Waals surface area contributed by atoms with Crippen molar-refractivity contribution in [1.29, 1.82) is 0 Å². The molecular formula is C13H21N3O2S7Zn. The van der Waals surface area contributed by atoms with Crippen molar-refractivity contribution in [3.8, 4) is 0 Å². The third kappa shape index (κ3) is 13.0. The monoisotopic (exact) mass is 539 g/mol. The summed E-state index contributed by atoms with van der Waals surface area (Å²) in [7, 11) is 10.7. The number of hydrogen-bond donors (Lipinski definition) is 1. The molecule has 1 aromatic heterocycles. The average Bonchev–Trinajstić information content (AvgIpc) is 2.84. The van der Waals surface area contributed by atoms with Crippen LogP contribution in [0.5, 0.6) is 0 Å². The Morgan fingerprint density at radius 1 is 1.00 bits per heavy atom. The predicted molar refractivity (Wildman–Crippen MR) is 129 cm³/mol. The number of thiazole rings is 1. The molecule has 0 atom stereocenters. The molecule has 1 heterocycles. The molecule has 0 bridgehead atoms. The maximum atomic E-state index is 5.07. The molecule has 0 spiro atoms. The Bertz CT molecular complexity index is 650. The zero-order valence-electron chi connectivity index (χ0n) is 14.8. The van der Waals surface area contributed by atoms with Gasteiger partial charge in [-0.2, -0.15) is 13.5 Å². The van der Waals surface area contributed by atoms with E-state index in [-0.39, 0.29) is 43.9 Å². The van der Waals surface area contributed by atoms with Crippen LogP contribution in [-0.2, 0) is 25.0 Å². The summed E-state index contributed by atoms with van der Waals surface area (Å²) in [5.41, 5.74) is 1.14. The van der Waals surface area contributed by atoms with Crippen molar-refractivity contribution < 1.29 is 30.4 Å². The summed E-state index contributed by atoms with van der Waals surface area (Å²) >= 11 is 16.7. The Morgan fingerprint density at radius 3 is 1.81 bits per heavy atom. The summed E-state index contributed by atoms with van der Waals surface area (Å²) in [6.07, 6.45) is 0. The second-order valence-corrected chi connectivity index (χ2v) is 9.61. The van der Waals surface area contributed by atoms with Gasteiger partial charge < -0.3 is 25.7 Å². The number of thiocarbonyl (C=S) groups is 2. The topological polar surface area (TPSA) is 82.3 Å². The zero-order valence-corrected chi connectivity index (χ0v) is 23.6. The quantitative estimate of drug-likeness (QED) is 0.305. The largest absolute Gasteiger partial charge is 2.00 e. The zero-order chi connectivity index (χ0) is 16.7. The van der Waals surface area contributed by atoms with Gasteiger partial charge in [-0.3, -0.25) is 0 Å². The third-order valence-corrected chi connectivity index (χ3v) is 7.62. The van der Waals surface area contributed by atoms with Gasteiger partial charge in [0, 0.05) is 28.2 Å². The standard InChI is InChI=1S/C7H5NS2.C6H12N2S4.H2O.O.H2S.Zn/c9-7-8-5-3-1-2-4-6(5)10-7;1-7(2)5(9)11-12-6(10)8(3)4;;;;/h1-4H,(H,8,9);1-4H3;1H2;;1H2;/q;;;-2;;+2. The number of rotatable bonds is 0. The van der Waals surface area contributed by atoms with Crippen molar-refractivity contribution in [2.24, 2.45) is 0 Å². The molecule has 5 nitrogen and oxygen atoms in total. The first-order chi connectivity index (χ1) is 10.3. The predicted octanol–water partition coefficient (Wildman–Crippen LogP) is 4.19. The minimum absolute atomic E-state index is 0. The van der Waals surface area contributed by atoms with E-state index in [0.29, 0.717) is 0 Å². The minimum atomic E-state index is 0. The Labute approximate surface area is 201 Å². The number of fused-ring (bicyclic) bond motifs is 1. The van der Waals surface area contributed by atoms with Gasteiger partial charge in [-0.05, 0) is 45.9 Å². The van der Waals surface area contributed by atoms with E-state index in [0.717, 1.165) is 18.1 Å². The molecule has 0 amide bonds. The van der Waals surface area contributed by atoms with E-state index in [4.69, 9.17) is 36.7 Å². The molecule has 13 heteroatoms. The number of aromatic nitrogens is 1. The van der Waals surface area contributed by atoms with Crippen LogP contribution < -0.4 is 0 Å². The minimum Gasteiger partial charge on any atom is -2.00 e. The fraction of sp³-hybridized carbons (Fsp3) is 0.308. The van der Waals surface area contributed by atoms with Crippen molar-refractivity contribution in [3.63, 3.8) is 0 Å². The van der Waals surface area contributed by atoms with Crippen molar-refractivity contribution in [2.75, 3.05) is 28.2 Å². The number of nitrogens with one attached hydrogen (secondary N) is 1. The Kier molecular flexibility index (Phi) is 23.4. The van der Waals surface area contributed by atoms with E-state index in [2.05, 4.69) is 11.1 Å². The summed E-state index contributed by atoms with van der Waals surface area (Å²) < 4.78 is 3.75. The van der Waals surface area contributed by atoms with Crippen LogP contribution in [0.1, 0.15) is 0 Å². The fourth-order valence-electron chi connectivity index (χ4n) is 1.11. The van der Waals surface area contributed by atoms with Crippen molar-refractivity contribution in [3.05, 3.63) is 28.2 Å². The van der Waals surface area contributed by atoms with Crippen LogP contribution in [0.15, 0.2) is 24.3 Å². The number of nitrogens with zero attached hydrogens (tertiary/aromatic N) is 2. The number of aromatic amines is 1. The Balaban J connectivity index is -0.000000162. The van der Waals surface area contributed by atoms with E-state index < -0.39 is 0 Å². The van der Waals surface area contributed by atoms with Crippen molar-refractivity contribution in [2.45, 2.75) is 0 Å². The van der Waals surface area contributed by atoms with Gasteiger partial charge >= 0.3 is 19.5 Å². The summed E-state index contributed by atoms with van der Waals surface area (Å²) in [6.45, 7) is 0. The van der Waals surface area contributed by atoms with Crippen molar-refractivity contribution >= 4 is 102 Å². The molecule has 0 unspecified atom stereocenters. The molecule has 0 aliphatic carbocycles. The molecule has 0 saturated carbocycles. The maximum absolute atomic E-state index is 5.07. The van der Waals surface area contributed by atoms with Gasteiger partial charge in [-0.1, -0.05) is 36.6 Å². The first-order valence-electron chi connectivity index (χ1n) is 6.16. The first-order valence-corrected chi connectivity index (χ1v) is 10.4. The smallest absolute Gasteiger partial charge is 2.00 e. The SMILES string of the molecule is CN(C)C(=S)SSC(=S)N(C)C.O.S.S=c1[nH]c2ccccc2s1.[O-2].[Zn+2]. The van der Waals surface area contributed by atoms with Gasteiger partial charge in [0.25, 0.3) is 0 Å². The van der Waals surface area contributed by atoms with Crippen LogP contribution in [0.25, 0.3) is 10.2 Å². The molecule has 144 valence electrons. The van der Waals surface area contributed by atoms with Gasteiger partial charge in [-0.15, -0.1) is 11.3 Å². The maximum Gasteiger partial charge on any atom is 2.00 e. The van der Waals surface area contributed by atoms with Crippen LogP contribution >= 0.6 is 83.1 Å². The second-order valence-electron chi connectivity index (χ2n) is 4.50. The third-order valence-electron chi connectivity index (χ3n) is 2.24. The van der Waals surface area contributed by atoms with E-state index in [9.17, 15) is 0 Å². The van der Waals surface area contributed by atoms with E-state index in [1.54, 1.807) is 11.3 Å². The van der Waals surface area contributed by atoms with Crippen LogP contribution in [0.4, 0.5) is 0 Å². The fourth-order valence-corrected chi connectivity index (χ4v) is 4.61. The van der Waals surface area contributed by atoms with Gasteiger partial charge in [0.2, 0.25) is 0 Å². The first kappa shape index (κ1) is 34.2. The molecular weight excluding hydrogens is 520 g/mol. The number of H-pyrrole nitrogens is 1. The van der Waals surface area contributed by atoms with Gasteiger partial charge in [0.05, 0.1) is 10.2 Å². The number of para-hydroxylation sites is 1. The molecule has 0 aliphatic heterocycles. The van der Waals surface area contributed by atoms with Crippen molar-refractivity contribution in [1.82, 2.24) is 14.8 Å². The van der Waals surface area contributed by atoms with Crippen LogP contribution in [0.2, 0.25) is 0 Å². The summed E-state index contributed by atoms with van der Waals surface area (Å²) in [4.78, 5) is 6.88. The summed E-state index contributed by atoms with van der Waals surface area (Å²) in [5, 5.41) is 0. The second kappa shape index (κ2) is 17.8. The molecule has 1 aromatic carbocycles. The molecule has 2 aromatic rings. The van der Waals surface area contributed by atoms with E-state index >= 15 is 0 Å². The normalized spacial score (nSPS) is 8.31. The molecule has 0 radical (unpaired) electrons. The number of benzene rings is 1. The van der Waals surface area contributed by atoms with E-state index in [1.165, 1.54) is 26.3 Å². The van der Waals surface area contributed by atoms with Crippen LogP contribution in [0, 0.1) is 3.95 Å². The Morgan fingerprint density at radius 2 is 1.42 bits per heavy atom.